The quantitative estimate of drug-likeness (QED) is 0.259. The Balaban J connectivity index is 1.69. The van der Waals surface area contributed by atoms with E-state index in [0.717, 1.165) is 35.6 Å². The van der Waals surface area contributed by atoms with Crippen LogP contribution in [0.2, 0.25) is 0 Å². The van der Waals surface area contributed by atoms with Gasteiger partial charge in [0.1, 0.15) is 18.3 Å². The van der Waals surface area contributed by atoms with E-state index >= 15 is 0 Å². The van der Waals surface area contributed by atoms with E-state index in [1.807, 2.05) is 44.2 Å². The molecule has 0 bridgehead atoms. The second-order valence-corrected chi connectivity index (χ2v) is 12.7. The first-order valence-corrected chi connectivity index (χ1v) is 16.7. The molecule has 1 aliphatic rings. The van der Waals surface area contributed by atoms with Gasteiger partial charge in [0.25, 0.3) is 10.0 Å². The first-order valence-electron chi connectivity index (χ1n) is 15.3. The average molecular weight is 606 g/mol. The van der Waals surface area contributed by atoms with Gasteiger partial charge in [-0.2, -0.15) is 0 Å². The molecule has 3 aromatic carbocycles. The van der Waals surface area contributed by atoms with Crippen LogP contribution in [0.25, 0.3) is 0 Å². The Hall–Kier alpha value is -3.85. The minimum Gasteiger partial charge on any atom is -0.492 e. The average Bonchev–Trinajstić information content (AvgIpc) is 3.03. The molecule has 9 heteroatoms. The maximum Gasteiger partial charge on any atom is 0.264 e. The van der Waals surface area contributed by atoms with Crippen LogP contribution < -0.4 is 14.4 Å². The largest absolute Gasteiger partial charge is 0.492 e. The molecule has 8 nitrogen and oxygen atoms in total. The zero-order chi connectivity index (χ0) is 30.7. The number of anilines is 1. The van der Waals surface area contributed by atoms with Crippen LogP contribution in [-0.4, -0.2) is 56.9 Å². The normalized spacial score (nSPS) is 14.5. The summed E-state index contributed by atoms with van der Waals surface area (Å²) in [6.07, 6.45) is 6.10. The van der Waals surface area contributed by atoms with E-state index in [1.165, 1.54) is 18.6 Å². The molecule has 0 aliphatic heterocycles. The van der Waals surface area contributed by atoms with Crippen LogP contribution in [-0.2, 0) is 26.0 Å². The lowest BCUT2D eigenvalue weighted by Gasteiger charge is -2.34. The van der Waals surface area contributed by atoms with E-state index < -0.39 is 28.5 Å². The monoisotopic (exact) mass is 605 g/mol. The number of hydrogen-bond donors (Lipinski definition) is 1. The number of amides is 2. The van der Waals surface area contributed by atoms with E-state index in [2.05, 4.69) is 5.32 Å². The smallest absolute Gasteiger partial charge is 0.264 e. The highest BCUT2D eigenvalue weighted by Crippen LogP contribution is 2.33. The third-order valence-corrected chi connectivity index (χ3v) is 9.64. The minimum atomic E-state index is -4.16. The van der Waals surface area contributed by atoms with Gasteiger partial charge >= 0.3 is 0 Å². The number of nitrogens with one attached hydrogen (secondary N) is 1. The Morgan fingerprint density at radius 3 is 2.16 bits per heavy atom. The van der Waals surface area contributed by atoms with E-state index in [4.69, 9.17) is 4.74 Å². The Morgan fingerprint density at radius 1 is 0.884 bits per heavy atom. The van der Waals surface area contributed by atoms with Gasteiger partial charge in [0.2, 0.25) is 11.8 Å². The molecule has 0 heterocycles. The lowest BCUT2D eigenvalue weighted by atomic mass is 9.95. The fourth-order valence-corrected chi connectivity index (χ4v) is 7.06. The van der Waals surface area contributed by atoms with Crippen molar-refractivity contribution < 1.29 is 22.7 Å². The first-order chi connectivity index (χ1) is 20.8. The van der Waals surface area contributed by atoms with Crippen molar-refractivity contribution in [2.45, 2.75) is 75.8 Å². The molecule has 1 unspecified atom stereocenters. The number of rotatable bonds is 14. The predicted molar refractivity (Wildman–Crippen MR) is 170 cm³/mol. The van der Waals surface area contributed by atoms with Gasteiger partial charge in [0, 0.05) is 12.6 Å². The molecule has 2 amide bonds. The Bertz CT molecular complexity index is 1430. The van der Waals surface area contributed by atoms with Gasteiger partial charge < -0.3 is 15.0 Å². The molecule has 1 aliphatic carbocycles. The molecule has 0 saturated heterocycles. The van der Waals surface area contributed by atoms with Crippen molar-refractivity contribution >= 4 is 27.5 Å². The van der Waals surface area contributed by atoms with Crippen molar-refractivity contribution in [1.29, 1.82) is 0 Å². The second kappa shape index (κ2) is 15.6. The first kappa shape index (κ1) is 32.1. The van der Waals surface area contributed by atoms with Crippen molar-refractivity contribution in [2.24, 2.45) is 0 Å². The minimum absolute atomic E-state index is 0.0621. The molecular formula is C34H43N3O5S. The van der Waals surface area contributed by atoms with Crippen LogP contribution >= 0.6 is 0 Å². The van der Waals surface area contributed by atoms with Gasteiger partial charge in [0.05, 0.1) is 17.2 Å². The summed E-state index contributed by atoms with van der Waals surface area (Å²) in [6.45, 7) is 3.82. The van der Waals surface area contributed by atoms with Crippen molar-refractivity contribution in [3.8, 4) is 5.75 Å². The lowest BCUT2D eigenvalue weighted by Crippen LogP contribution is -2.54. The molecular weight excluding hydrogens is 562 g/mol. The van der Waals surface area contributed by atoms with Crippen molar-refractivity contribution in [3.63, 3.8) is 0 Å². The van der Waals surface area contributed by atoms with Gasteiger partial charge in [-0.15, -0.1) is 0 Å². The highest BCUT2D eigenvalue weighted by molar-refractivity contribution is 7.92. The van der Waals surface area contributed by atoms with Crippen LogP contribution in [0.15, 0.2) is 89.8 Å². The number of hydrogen-bond acceptors (Lipinski definition) is 5. The summed E-state index contributed by atoms with van der Waals surface area (Å²) in [4.78, 5) is 29.6. The van der Waals surface area contributed by atoms with Crippen molar-refractivity contribution in [1.82, 2.24) is 10.2 Å². The Labute approximate surface area is 256 Å². The SMILES string of the molecule is CCOc1ccccc1N(CC(=O)N(CCc1ccccc1)C(CC)C(=O)NC1CCCCC1)S(=O)(=O)c1ccccc1. The topological polar surface area (TPSA) is 96.0 Å². The van der Waals surface area contributed by atoms with E-state index in [-0.39, 0.29) is 29.1 Å². The Kier molecular flexibility index (Phi) is 11.6. The van der Waals surface area contributed by atoms with Crippen LogP contribution in [0.4, 0.5) is 5.69 Å². The summed E-state index contributed by atoms with van der Waals surface area (Å²) in [6, 6.07) is 24.0. The summed E-state index contributed by atoms with van der Waals surface area (Å²) in [5.41, 5.74) is 1.29. The third kappa shape index (κ3) is 8.38. The summed E-state index contributed by atoms with van der Waals surface area (Å²) in [5, 5.41) is 3.19. The van der Waals surface area contributed by atoms with Crippen LogP contribution in [0, 0.1) is 0 Å². The molecule has 1 saturated carbocycles. The fourth-order valence-electron chi connectivity index (χ4n) is 5.61. The molecule has 1 atom stereocenters. The fraction of sp³-hybridized carbons (Fsp3) is 0.412. The maximum atomic E-state index is 14.3. The van der Waals surface area contributed by atoms with E-state index in [0.29, 0.717) is 25.2 Å². The van der Waals surface area contributed by atoms with Gasteiger partial charge in [-0.05, 0) is 62.4 Å². The molecule has 1 fully saturated rings. The molecule has 0 spiro atoms. The predicted octanol–water partition coefficient (Wildman–Crippen LogP) is 5.58. The van der Waals surface area contributed by atoms with Gasteiger partial charge in [-0.3, -0.25) is 13.9 Å². The summed E-state index contributed by atoms with van der Waals surface area (Å²) < 4.78 is 35.1. The highest BCUT2D eigenvalue weighted by atomic mass is 32.2. The van der Waals surface area contributed by atoms with E-state index in [9.17, 15) is 18.0 Å². The van der Waals surface area contributed by atoms with Crippen LogP contribution in [0.3, 0.4) is 0 Å². The number of nitrogens with zero attached hydrogens (tertiary/aromatic N) is 2. The standard InChI is InChI=1S/C34H43N3O5S/c1-3-30(34(39)35-28-18-10-6-11-19-28)36(25-24-27-16-8-5-9-17-27)33(38)26-37(31-22-14-15-23-32(31)42-4-2)43(40,41)29-20-12-7-13-21-29/h5,7-9,12-17,20-23,28,30H,3-4,6,10-11,18-19,24-26H2,1-2H3,(H,35,39). The van der Waals surface area contributed by atoms with Crippen LogP contribution in [0.5, 0.6) is 5.75 Å². The molecule has 230 valence electrons. The number of carbonyl (C=O) groups is 2. The number of ether oxygens (including phenoxy) is 1. The van der Waals surface area contributed by atoms with Gasteiger partial charge in [0.15, 0.2) is 0 Å². The van der Waals surface area contributed by atoms with Crippen molar-refractivity contribution in [2.75, 3.05) is 24.0 Å². The zero-order valence-corrected chi connectivity index (χ0v) is 26.0. The number of carbonyl (C=O) groups excluding carboxylic acids is 2. The number of sulfonamides is 1. The maximum absolute atomic E-state index is 14.3. The summed E-state index contributed by atoms with van der Waals surface area (Å²) >= 11 is 0. The van der Waals surface area contributed by atoms with Gasteiger partial charge in [-0.25, -0.2) is 8.42 Å². The third-order valence-electron chi connectivity index (χ3n) is 7.87. The van der Waals surface area contributed by atoms with Crippen LogP contribution in [0.1, 0.15) is 57.9 Å². The lowest BCUT2D eigenvalue weighted by molar-refractivity contribution is -0.140. The number of benzene rings is 3. The highest BCUT2D eigenvalue weighted by Gasteiger charge is 2.35. The summed E-state index contributed by atoms with van der Waals surface area (Å²) in [7, 11) is -4.16. The molecule has 0 aromatic heterocycles. The zero-order valence-electron chi connectivity index (χ0n) is 25.2. The molecule has 43 heavy (non-hydrogen) atoms. The second-order valence-electron chi connectivity index (χ2n) is 10.8. The molecule has 1 N–H and O–H groups in total. The van der Waals surface area contributed by atoms with E-state index in [1.54, 1.807) is 47.4 Å². The molecule has 4 rings (SSSR count). The van der Waals surface area contributed by atoms with Crippen molar-refractivity contribution in [3.05, 3.63) is 90.5 Å². The molecule has 0 radical (unpaired) electrons. The number of para-hydroxylation sites is 2. The Morgan fingerprint density at radius 2 is 1.51 bits per heavy atom. The summed E-state index contributed by atoms with van der Waals surface area (Å²) in [5.74, 6) is -0.286. The van der Waals surface area contributed by atoms with Gasteiger partial charge in [-0.1, -0.05) is 86.8 Å². The molecule has 3 aromatic rings.